The molecule has 2 unspecified atom stereocenters. The van der Waals surface area contributed by atoms with Crippen LogP contribution in [-0.2, 0) is 5.60 Å². The first-order valence-electron chi connectivity index (χ1n) is 6.63. The van der Waals surface area contributed by atoms with Gasteiger partial charge in [0, 0.05) is 12.4 Å². The Morgan fingerprint density at radius 2 is 2.06 bits per heavy atom. The lowest BCUT2D eigenvalue weighted by Gasteiger charge is -2.15. The maximum Gasteiger partial charge on any atom is 0.0960 e. The fraction of sp³-hybridized carbons (Fsp3) is 0.400. The maximum absolute atomic E-state index is 10.8. The van der Waals surface area contributed by atoms with Crippen LogP contribution in [-0.4, -0.2) is 14.9 Å². The van der Waals surface area contributed by atoms with Crippen LogP contribution in [0, 0.1) is 11.8 Å². The Balaban J connectivity index is 1.73. The van der Waals surface area contributed by atoms with E-state index in [1.807, 2.05) is 35.1 Å². The minimum absolute atomic E-state index is 0.491. The Morgan fingerprint density at radius 3 is 2.78 bits per heavy atom. The Morgan fingerprint density at radius 1 is 1.22 bits per heavy atom. The molecule has 3 nitrogen and oxygen atoms in total. The molecular weight excluding hydrogens is 224 g/mol. The molecule has 2 fully saturated rings. The molecule has 1 N–H and O–H groups in total. The Labute approximate surface area is 106 Å². The van der Waals surface area contributed by atoms with Crippen LogP contribution in [0.25, 0.3) is 5.69 Å². The van der Waals surface area contributed by atoms with Gasteiger partial charge in [-0.25, -0.2) is 4.68 Å². The number of hydrogen-bond donors (Lipinski definition) is 1. The molecule has 18 heavy (non-hydrogen) atoms. The third-order valence-corrected chi connectivity index (χ3v) is 4.61. The van der Waals surface area contributed by atoms with Crippen molar-refractivity contribution in [3.8, 4) is 5.69 Å². The van der Waals surface area contributed by atoms with Crippen molar-refractivity contribution in [2.45, 2.75) is 24.9 Å². The summed E-state index contributed by atoms with van der Waals surface area (Å²) in [7, 11) is 0. The summed E-state index contributed by atoms with van der Waals surface area (Å²) < 4.78 is 1.84. The highest BCUT2D eigenvalue weighted by atomic mass is 16.3. The van der Waals surface area contributed by atoms with E-state index in [9.17, 15) is 5.11 Å². The fourth-order valence-corrected chi connectivity index (χ4v) is 3.67. The predicted molar refractivity (Wildman–Crippen MR) is 68.3 cm³/mol. The summed E-state index contributed by atoms with van der Waals surface area (Å²) in [6.07, 6.45) is 7.32. The lowest BCUT2D eigenvalue weighted by atomic mass is 9.99. The smallest absolute Gasteiger partial charge is 0.0960 e. The van der Waals surface area contributed by atoms with Crippen LogP contribution < -0.4 is 0 Å². The van der Waals surface area contributed by atoms with Gasteiger partial charge in [-0.15, -0.1) is 0 Å². The van der Waals surface area contributed by atoms with Crippen molar-refractivity contribution in [3.05, 3.63) is 48.3 Å². The van der Waals surface area contributed by atoms with Crippen LogP contribution in [0.2, 0.25) is 0 Å². The molecule has 2 atom stereocenters. The van der Waals surface area contributed by atoms with E-state index in [4.69, 9.17) is 0 Å². The number of nitrogens with zero attached hydrogens (tertiary/aromatic N) is 2. The van der Waals surface area contributed by atoms with Crippen molar-refractivity contribution in [1.82, 2.24) is 9.78 Å². The summed E-state index contributed by atoms with van der Waals surface area (Å²) in [5.41, 5.74) is 1.53. The number of fused-ring (bicyclic) bond motifs is 1. The van der Waals surface area contributed by atoms with Crippen molar-refractivity contribution < 1.29 is 5.11 Å². The first kappa shape index (κ1) is 10.3. The zero-order valence-corrected chi connectivity index (χ0v) is 10.2. The van der Waals surface area contributed by atoms with E-state index in [1.165, 1.54) is 19.3 Å². The van der Waals surface area contributed by atoms with Crippen LogP contribution in [0.3, 0.4) is 0 Å². The molecule has 2 aromatic rings. The van der Waals surface area contributed by atoms with E-state index in [2.05, 4.69) is 11.2 Å². The van der Waals surface area contributed by atoms with Crippen LogP contribution in [0.5, 0.6) is 0 Å². The number of benzene rings is 1. The van der Waals surface area contributed by atoms with Gasteiger partial charge in [0.05, 0.1) is 11.3 Å². The van der Waals surface area contributed by atoms with Gasteiger partial charge in [-0.3, -0.25) is 0 Å². The minimum Gasteiger partial charge on any atom is -0.385 e. The molecule has 1 aromatic heterocycles. The van der Waals surface area contributed by atoms with E-state index < -0.39 is 5.60 Å². The second kappa shape index (κ2) is 3.45. The molecule has 1 aromatic carbocycles. The standard InChI is InChI=1S/C15H16N2O/c18-15(13-6-2-7-14(13)15)11-4-1-5-12(10-11)17-9-3-8-16-17/h1,3-5,8-10,13-14,18H,2,6-7H2. The lowest BCUT2D eigenvalue weighted by molar-refractivity contribution is 0.105. The highest BCUT2D eigenvalue weighted by Crippen LogP contribution is 2.66. The second-order valence-corrected chi connectivity index (χ2v) is 5.47. The number of aliphatic hydroxyl groups is 1. The number of aromatic nitrogens is 2. The molecule has 4 rings (SSSR count). The highest BCUT2D eigenvalue weighted by molar-refractivity contribution is 5.42. The van der Waals surface area contributed by atoms with E-state index >= 15 is 0 Å². The van der Waals surface area contributed by atoms with Crippen molar-refractivity contribution in [2.24, 2.45) is 11.8 Å². The first-order valence-corrected chi connectivity index (χ1v) is 6.63. The molecule has 1 heterocycles. The average Bonchev–Trinajstić information content (AvgIpc) is 2.95. The van der Waals surface area contributed by atoms with Crippen LogP contribution >= 0.6 is 0 Å². The predicted octanol–water partition coefficient (Wildman–Crippen LogP) is 2.49. The largest absolute Gasteiger partial charge is 0.385 e. The van der Waals surface area contributed by atoms with E-state index in [-0.39, 0.29) is 0 Å². The van der Waals surface area contributed by atoms with Gasteiger partial charge in [-0.1, -0.05) is 18.6 Å². The van der Waals surface area contributed by atoms with Crippen molar-refractivity contribution in [2.75, 3.05) is 0 Å². The number of hydrogen-bond acceptors (Lipinski definition) is 2. The maximum atomic E-state index is 10.8. The average molecular weight is 240 g/mol. The lowest BCUT2D eigenvalue weighted by Crippen LogP contribution is -2.13. The zero-order valence-electron chi connectivity index (χ0n) is 10.2. The van der Waals surface area contributed by atoms with Gasteiger partial charge < -0.3 is 5.11 Å². The third kappa shape index (κ3) is 1.25. The van der Waals surface area contributed by atoms with Gasteiger partial charge in [0.15, 0.2) is 0 Å². The van der Waals surface area contributed by atoms with E-state index in [0.29, 0.717) is 11.8 Å². The fourth-order valence-electron chi connectivity index (χ4n) is 3.67. The second-order valence-electron chi connectivity index (χ2n) is 5.47. The Bertz CT molecular complexity index is 566. The quantitative estimate of drug-likeness (QED) is 0.875. The first-order chi connectivity index (χ1) is 8.80. The summed E-state index contributed by atoms with van der Waals surface area (Å²) >= 11 is 0. The van der Waals surface area contributed by atoms with Gasteiger partial charge in [-0.2, -0.15) is 5.10 Å². The molecule has 0 radical (unpaired) electrons. The zero-order chi connectivity index (χ0) is 12.2. The topological polar surface area (TPSA) is 38.0 Å². The van der Waals surface area contributed by atoms with Crippen molar-refractivity contribution in [3.63, 3.8) is 0 Å². The summed E-state index contributed by atoms with van der Waals surface area (Å²) in [6.45, 7) is 0. The molecule has 0 bridgehead atoms. The molecule has 0 aliphatic heterocycles. The van der Waals surface area contributed by atoms with Crippen LogP contribution in [0.15, 0.2) is 42.7 Å². The van der Waals surface area contributed by atoms with Crippen LogP contribution in [0.1, 0.15) is 24.8 Å². The molecular formula is C15H16N2O. The monoisotopic (exact) mass is 240 g/mol. The molecule has 0 spiro atoms. The highest BCUT2D eigenvalue weighted by Gasteiger charge is 2.66. The van der Waals surface area contributed by atoms with E-state index in [0.717, 1.165) is 11.3 Å². The molecule has 3 heteroatoms. The normalized spacial score (nSPS) is 33.4. The van der Waals surface area contributed by atoms with Crippen molar-refractivity contribution in [1.29, 1.82) is 0 Å². The van der Waals surface area contributed by atoms with Gasteiger partial charge >= 0.3 is 0 Å². The molecule has 2 saturated carbocycles. The van der Waals surface area contributed by atoms with E-state index in [1.54, 1.807) is 6.20 Å². The van der Waals surface area contributed by atoms with Crippen LogP contribution in [0.4, 0.5) is 0 Å². The molecule has 92 valence electrons. The van der Waals surface area contributed by atoms with Gasteiger partial charge in [0.1, 0.15) is 0 Å². The Kier molecular flexibility index (Phi) is 1.98. The summed E-state index contributed by atoms with van der Waals surface area (Å²) in [5, 5.41) is 15.0. The molecule has 0 amide bonds. The van der Waals surface area contributed by atoms with Crippen molar-refractivity contribution >= 4 is 0 Å². The minimum atomic E-state index is -0.554. The van der Waals surface area contributed by atoms with Gasteiger partial charge in [0.2, 0.25) is 0 Å². The molecule has 2 aliphatic rings. The molecule has 0 saturated heterocycles. The number of rotatable bonds is 2. The van der Waals surface area contributed by atoms with Gasteiger partial charge in [-0.05, 0) is 48.4 Å². The summed E-state index contributed by atoms with van der Waals surface area (Å²) in [6, 6.07) is 10.1. The SMILES string of the molecule is OC1(c2cccc(-n3cccn3)c2)C2CCCC21. The summed E-state index contributed by atoms with van der Waals surface area (Å²) in [4.78, 5) is 0. The third-order valence-electron chi connectivity index (χ3n) is 4.61. The van der Waals surface area contributed by atoms with Gasteiger partial charge in [0.25, 0.3) is 0 Å². The molecule has 2 aliphatic carbocycles. The summed E-state index contributed by atoms with van der Waals surface area (Å²) in [5.74, 6) is 0.982. The Hall–Kier alpha value is -1.61.